The molecular weight excluding hydrogens is 339 g/mol. The van der Waals surface area contributed by atoms with Gasteiger partial charge in [0.25, 0.3) is 5.56 Å². The van der Waals surface area contributed by atoms with Crippen LogP contribution < -0.4 is 11.2 Å². The van der Waals surface area contributed by atoms with Gasteiger partial charge >= 0.3 is 13.5 Å². The Morgan fingerprint density at radius 2 is 2.04 bits per heavy atom. The maximum absolute atomic E-state index is 11.9. The van der Waals surface area contributed by atoms with Crippen molar-refractivity contribution in [1.29, 1.82) is 0 Å². The molecule has 2 heterocycles. The highest BCUT2D eigenvalue weighted by molar-refractivity contribution is 7.46. The van der Waals surface area contributed by atoms with E-state index < -0.39 is 56.3 Å². The Morgan fingerprint density at radius 3 is 2.52 bits per heavy atom. The molecule has 2 rings (SSSR count). The number of nitrogens with one attached hydrogen (secondary N) is 1. The average molecular weight is 354 g/mol. The van der Waals surface area contributed by atoms with Gasteiger partial charge in [-0.15, -0.1) is 0 Å². The van der Waals surface area contributed by atoms with E-state index in [0.717, 1.165) is 12.3 Å². The van der Waals surface area contributed by atoms with E-state index in [-0.39, 0.29) is 0 Å². The van der Waals surface area contributed by atoms with E-state index in [1.807, 2.05) is 4.98 Å². The van der Waals surface area contributed by atoms with Gasteiger partial charge in [-0.25, -0.2) is 9.36 Å². The van der Waals surface area contributed by atoms with E-state index in [4.69, 9.17) is 19.6 Å². The highest BCUT2D eigenvalue weighted by Crippen LogP contribution is 2.42. The summed E-state index contributed by atoms with van der Waals surface area (Å²) in [5.74, 6) is 0. The van der Waals surface area contributed by atoms with Crippen LogP contribution in [0, 0.1) is 0 Å². The lowest BCUT2D eigenvalue weighted by molar-refractivity contribution is -0.171. The highest BCUT2D eigenvalue weighted by atomic mass is 31.2. The topological polar surface area (TPSA) is 192 Å². The van der Waals surface area contributed by atoms with Crippen LogP contribution in [0.15, 0.2) is 21.9 Å². The molecular formula is C10H15N2O10P. The minimum atomic E-state index is -5.00. The molecule has 13 heteroatoms. The quantitative estimate of drug-likeness (QED) is 0.288. The van der Waals surface area contributed by atoms with Gasteiger partial charge < -0.3 is 29.8 Å². The van der Waals surface area contributed by atoms with Crippen molar-refractivity contribution in [2.75, 3.05) is 13.2 Å². The van der Waals surface area contributed by atoms with Crippen molar-refractivity contribution in [3.05, 3.63) is 33.1 Å². The zero-order valence-electron chi connectivity index (χ0n) is 11.5. The largest absolute Gasteiger partial charge is 0.469 e. The first-order chi connectivity index (χ1) is 10.6. The molecule has 1 aromatic rings. The van der Waals surface area contributed by atoms with E-state index >= 15 is 0 Å². The Morgan fingerprint density at radius 1 is 1.39 bits per heavy atom. The Labute approximate surface area is 127 Å². The molecule has 0 saturated carbocycles. The molecule has 1 fully saturated rings. The van der Waals surface area contributed by atoms with Gasteiger partial charge in [-0.2, -0.15) is 0 Å². The second kappa shape index (κ2) is 6.26. The van der Waals surface area contributed by atoms with Gasteiger partial charge in [-0.3, -0.25) is 18.9 Å². The van der Waals surface area contributed by atoms with E-state index in [1.165, 1.54) is 0 Å². The van der Waals surface area contributed by atoms with Crippen LogP contribution in [0.1, 0.15) is 0 Å². The molecule has 1 saturated heterocycles. The molecule has 0 amide bonds. The van der Waals surface area contributed by atoms with Crippen molar-refractivity contribution in [2.24, 2.45) is 0 Å². The average Bonchev–Trinajstić information content (AvgIpc) is 2.70. The lowest BCUT2D eigenvalue weighted by atomic mass is 10.0. The summed E-state index contributed by atoms with van der Waals surface area (Å²) in [6.45, 7) is -1.77. The van der Waals surface area contributed by atoms with Crippen LogP contribution in [0.2, 0.25) is 0 Å². The summed E-state index contributed by atoms with van der Waals surface area (Å²) in [5, 5.41) is 29.2. The van der Waals surface area contributed by atoms with Crippen LogP contribution >= 0.6 is 7.82 Å². The third-order valence-corrected chi connectivity index (χ3v) is 3.84. The summed E-state index contributed by atoms with van der Waals surface area (Å²) in [6.07, 6.45) is -3.99. The SMILES string of the molecule is O=c1ccn([C@@]2(COP(=O)(O)O)O[C@H](CO)[C@@H](O)[C@@H]2O)c(=O)[nH]1. The van der Waals surface area contributed by atoms with Crippen molar-refractivity contribution in [2.45, 2.75) is 24.0 Å². The van der Waals surface area contributed by atoms with Gasteiger partial charge in [0.1, 0.15) is 24.9 Å². The third kappa shape index (κ3) is 3.44. The number of aliphatic hydroxyl groups excluding tert-OH is 3. The maximum atomic E-state index is 11.9. The smallest absolute Gasteiger partial charge is 0.394 e. The standard InChI is InChI=1S/C10H15N2O10P/c13-3-5-7(15)8(16)10(22-5,4-21-23(18,19)20)12-2-1-6(14)11-9(12)17/h1-2,5,7-8,13,15-16H,3-4H2,(H,11,14,17)(H2,18,19,20)/t5-,7-,8+,10+/m1/s1. The fourth-order valence-electron chi connectivity index (χ4n) is 2.30. The number of aliphatic hydroxyl groups is 3. The second-order valence-electron chi connectivity index (χ2n) is 4.86. The van der Waals surface area contributed by atoms with E-state index in [9.17, 15) is 24.4 Å². The van der Waals surface area contributed by atoms with Crippen molar-refractivity contribution in [3.63, 3.8) is 0 Å². The molecule has 0 spiro atoms. The Balaban J connectivity index is 2.54. The van der Waals surface area contributed by atoms with Crippen LogP contribution in [-0.2, 0) is 19.6 Å². The minimum Gasteiger partial charge on any atom is -0.394 e. The van der Waals surface area contributed by atoms with Crippen LogP contribution in [0.25, 0.3) is 0 Å². The zero-order chi connectivity index (χ0) is 17.4. The fourth-order valence-corrected chi connectivity index (χ4v) is 2.65. The first kappa shape index (κ1) is 18.0. The number of ether oxygens (including phenoxy) is 1. The zero-order valence-corrected chi connectivity index (χ0v) is 12.4. The summed E-state index contributed by atoms with van der Waals surface area (Å²) in [4.78, 5) is 42.6. The van der Waals surface area contributed by atoms with Gasteiger partial charge in [0.15, 0.2) is 0 Å². The molecule has 1 aliphatic rings. The Kier molecular flexibility index (Phi) is 4.89. The number of nitrogens with zero attached hydrogens (tertiary/aromatic N) is 1. The van der Waals surface area contributed by atoms with Crippen molar-refractivity contribution < 1.29 is 38.9 Å². The number of aromatic amines is 1. The van der Waals surface area contributed by atoms with Gasteiger partial charge in [-0.05, 0) is 0 Å². The number of H-pyrrole nitrogens is 1. The number of hydrogen-bond acceptors (Lipinski definition) is 8. The van der Waals surface area contributed by atoms with Gasteiger partial charge in [0.05, 0.1) is 6.61 Å². The number of aromatic nitrogens is 2. The highest BCUT2D eigenvalue weighted by Gasteiger charge is 2.56. The number of rotatable bonds is 5. The Bertz CT molecular complexity index is 725. The summed E-state index contributed by atoms with van der Waals surface area (Å²) >= 11 is 0. The fraction of sp³-hybridized carbons (Fsp3) is 0.600. The lowest BCUT2D eigenvalue weighted by Crippen LogP contribution is -2.54. The van der Waals surface area contributed by atoms with Gasteiger partial charge in [-0.1, -0.05) is 0 Å². The van der Waals surface area contributed by atoms with E-state index in [2.05, 4.69) is 4.52 Å². The third-order valence-electron chi connectivity index (χ3n) is 3.37. The summed E-state index contributed by atoms with van der Waals surface area (Å²) < 4.78 is 21.1. The monoisotopic (exact) mass is 354 g/mol. The molecule has 0 unspecified atom stereocenters. The van der Waals surface area contributed by atoms with Gasteiger partial charge in [0.2, 0.25) is 5.72 Å². The van der Waals surface area contributed by atoms with Gasteiger partial charge in [0, 0.05) is 12.3 Å². The van der Waals surface area contributed by atoms with Crippen molar-refractivity contribution >= 4 is 7.82 Å². The predicted octanol–water partition coefficient (Wildman–Crippen LogP) is -3.59. The second-order valence-corrected chi connectivity index (χ2v) is 6.10. The number of hydrogen-bond donors (Lipinski definition) is 6. The molecule has 0 aromatic carbocycles. The molecule has 130 valence electrons. The number of phosphoric ester groups is 1. The van der Waals surface area contributed by atoms with Crippen LogP contribution in [-0.4, -0.2) is 66.2 Å². The van der Waals surface area contributed by atoms with Crippen molar-refractivity contribution in [3.8, 4) is 0 Å². The summed E-state index contributed by atoms with van der Waals surface area (Å²) in [6, 6.07) is 0.898. The normalized spacial score (nSPS) is 31.4. The van der Waals surface area contributed by atoms with Crippen LogP contribution in [0.3, 0.4) is 0 Å². The molecule has 12 nitrogen and oxygen atoms in total. The maximum Gasteiger partial charge on any atom is 0.469 e. The molecule has 4 atom stereocenters. The molecule has 1 aromatic heterocycles. The lowest BCUT2D eigenvalue weighted by Gasteiger charge is -2.33. The molecule has 0 radical (unpaired) electrons. The number of phosphoric acid groups is 1. The van der Waals surface area contributed by atoms with Crippen molar-refractivity contribution in [1.82, 2.24) is 9.55 Å². The molecule has 0 aliphatic carbocycles. The molecule has 0 bridgehead atoms. The summed E-state index contributed by atoms with van der Waals surface area (Å²) in [5.41, 5.74) is -4.09. The van der Waals surface area contributed by atoms with E-state index in [1.54, 1.807) is 0 Å². The van der Waals surface area contributed by atoms with E-state index in [0.29, 0.717) is 4.57 Å². The van der Waals surface area contributed by atoms with Crippen LogP contribution in [0.4, 0.5) is 0 Å². The molecule has 1 aliphatic heterocycles. The minimum absolute atomic E-state index is 0.619. The predicted molar refractivity (Wildman–Crippen MR) is 71.3 cm³/mol. The first-order valence-electron chi connectivity index (χ1n) is 6.28. The van der Waals surface area contributed by atoms with Crippen LogP contribution in [0.5, 0.6) is 0 Å². The first-order valence-corrected chi connectivity index (χ1v) is 7.81. The summed E-state index contributed by atoms with van der Waals surface area (Å²) in [7, 11) is -5.00. The Hall–Kier alpha value is -1.37. The molecule has 23 heavy (non-hydrogen) atoms. The molecule has 6 N–H and O–H groups in total.